The van der Waals surface area contributed by atoms with Gasteiger partial charge in [0.25, 0.3) is 0 Å². The molecule has 3 aromatic rings. The van der Waals surface area contributed by atoms with Crippen molar-refractivity contribution in [2.24, 2.45) is 0 Å². The van der Waals surface area contributed by atoms with Crippen molar-refractivity contribution in [2.45, 2.75) is 45.3 Å². The fourth-order valence-corrected chi connectivity index (χ4v) is 5.00. The Hall–Kier alpha value is -4.42. The number of alkyl halides is 2. The first-order valence-electron chi connectivity index (χ1n) is 14.5. The van der Waals surface area contributed by atoms with Crippen LogP contribution in [0.15, 0.2) is 66.7 Å². The summed E-state index contributed by atoms with van der Waals surface area (Å²) in [6, 6.07) is 19.8. The number of likely N-dealkylation sites (tertiary alicyclic amines) is 1. The molecule has 1 saturated heterocycles. The van der Waals surface area contributed by atoms with Crippen LogP contribution >= 0.6 is 0 Å². The zero-order chi connectivity index (χ0) is 32.4. The quantitative estimate of drug-likeness (QED) is 0.192. The van der Waals surface area contributed by atoms with Crippen LogP contribution in [0.4, 0.5) is 14.5 Å². The molecule has 1 aliphatic heterocycles. The van der Waals surface area contributed by atoms with E-state index in [0.29, 0.717) is 5.69 Å². The number of nitrogens with one attached hydrogen (secondary N) is 1. The molecule has 0 atom stereocenters. The van der Waals surface area contributed by atoms with Gasteiger partial charge in [-0.05, 0) is 41.7 Å². The number of anilines is 1. The highest BCUT2D eigenvalue weighted by Gasteiger charge is 2.53. The number of aromatic nitrogens is 1. The van der Waals surface area contributed by atoms with Crippen molar-refractivity contribution in [3.8, 4) is 5.88 Å². The van der Waals surface area contributed by atoms with Crippen molar-refractivity contribution in [1.82, 2.24) is 9.88 Å². The molecule has 2 heterocycles. The lowest BCUT2D eigenvalue weighted by Gasteiger charge is -2.50. The maximum atomic E-state index is 13.9. The molecular formula is C33H37F2N3O7. The van der Waals surface area contributed by atoms with Crippen LogP contribution in [0.2, 0.25) is 0 Å². The van der Waals surface area contributed by atoms with Crippen molar-refractivity contribution >= 4 is 23.5 Å². The molecule has 2 aromatic carbocycles. The maximum absolute atomic E-state index is 13.9. The van der Waals surface area contributed by atoms with Crippen LogP contribution in [0.25, 0.3) is 0 Å². The molecular weight excluding hydrogens is 588 g/mol. The highest BCUT2D eigenvalue weighted by Crippen LogP contribution is 2.40. The minimum absolute atomic E-state index is 0.00404. The molecule has 1 N–H and O–H groups in total. The number of nitrogens with zero attached hydrogens (tertiary/aromatic N) is 2. The van der Waals surface area contributed by atoms with Crippen LogP contribution in [-0.2, 0) is 40.6 Å². The molecule has 12 heteroatoms. The van der Waals surface area contributed by atoms with Crippen LogP contribution in [0, 0.1) is 6.92 Å². The molecule has 1 aromatic heterocycles. The van der Waals surface area contributed by atoms with Gasteiger partial charge < -0.3 is 29.2 Å². The van der Waals surface area contributed by atoms with Gasteiger partial charge in [-0.3, -0.25) is 9.59 Å². The summed E-state index contributed by atoms with van der Waals surface area (Å²) in [4.78, 5) is 44.2. The Balaban J connectivity index is 1.33. The second-order valence-electron chi connectivity index (χ2n) is 11.0. The number of pyridine rings is 1. The molecule has 1 fully saturated rings. The fraction of sp³-hybridized carbons (Fsp3) is 0.394. The van der Waals surface area contributed by atoms with E-state index >= 15 is 0 Å². The first kappa shape index (κ1) is 33.5. The third-order valence-electron chi connectivity index (χ3n) is 7.32. The number of amides is 2. The first-order chi connectivity index (χ1) is 21.6. The number of aryl methyl sites for hydroxylation is 1. The predicted molar refractivity (Wildman–Crippen MR) is 161 cm³/mol. The molecule has 0 bridgehead atoms. The summed E-state index contributed by atoms with van der Waals surface area (Å²) in [6.45, 7) is 2.41. The number of benzene rings is 2. The molecule has 0 unspecified atom stereocenters. The minimum Gasteiger partial charge on any atom is -0.459 e. The minimum atomic E-state index is -3.12. The average Bonchev–Trinajstić information content (AvgIpc) is 2.99. The lowest BCUT2D eigenvalue weighted by molar-refractivity contribution is -0.153. The summed E-state index contributed by atoms with van der Waals surface area (Å²) in [5.41, 5.74) is 1.84. The lowest BCUT2D eigenvalue weighted by Crippen LogP contribution is -2.67. The smallest absolute Gasteiger partial charge is 0.388 e. The number of rotatable bonds is 15. The number of hydrogen-bond donors (Lipinski definition) is 1. The summed E-state index contributed by atoms with van der Waals surface area (Å²) < 4.78 is 46.6. The van der Waals surface area contributed by atoms with Crippen LogP contribution in [-0.4, -0.2) is 73.8 Å². The lowest BCUT2D eigenvalue weighted by atomic mass is 9.69. The Kier molecular flexibility index (Phi) is 11.6. The number of halogens is 2. The van der Waals surface area contributed by atoms with Gasteiger partial charge in [0, 0.05) is 18.8 Å². The highest BCUT2D eigenvalue weighted by molar-refractivity contribution is 6.02. The summed E-state index contributed by atoms with van der Waals surface area (Å²) in [5.74, 6) is -1.63. The van der Waals surface area contributed by atoms with Crippen molar-refractivity contribution in [1.29, 1.82) is 0 Å². The topological polar surface area (TPSA) is 116 Å². The Morgan fingerprint density at radius 1 is 0.933 bits per heavy atom. The van der Waals surface area contributed by atoms with Crippen LogP contribution in [0.5, 0.6) is 5.88 Å². The molecule has 0 radical (unpaired) electrons. The zero-order valence-corrected chi connectivity index (χ0v) is 25.5. The predicted octanol–water partition coefficient (Wildman–Crippen LogP) is 4.61. The summed E-state index contributed by atoms with van der Waals surface area (Å²) in [5, 5.41) is 2.72. The number of carbonyl (C=O) groups excluding carboxylic acids is 3. The monoisotopic (exact) mass is 625 g/mol. The van der Waals surface area contributed by atoms with Crippen molar-refractivity contribution in [3.63, 3.8) is 0 Å². The Morgan fingerprint density at radius 3 is 2.29 bits per heavy atom. The largest absolute Gasteiger partial charge is 0.459 e. The third kappa shape index (κ3) is 8.83. The van der Waals surface area contributed by atoms with Gasteiger partial charge in [0.1, 0.15) is 30.9 Å². The number of ether oxygens (including phenoxy) is 4. The summed E-state index contributed by atoms with van der Waals surface area (Å²) in [6.07, 6.45) is 0. The number of carbonyl (C=O) groups is 3. The zero-order valence-electron chi connectivity index (χ0n) is 25.5. The molecule has 0 spiro atoms. The molecule has 10 nitrogen and oxygen atoms in total. The van der Waals surface area contributed by atoms with Crippen LogP contribution in [0.1, 0.15) is 42.1 Å². The van der Waals surface area contributed by atoms with Gasteiger partial charge in [0.05, 0.1) is 13.2 Å². The fourth-order valence-electron chi connectivity index (χ4n) is 5.00. The second kappa shape index (κ2) is 15.5. The van der Waals surface area contributed by atoms with Crippen molar-refractivity contribution < 1.29 is 42.1 Å². The van der Waals surface area contributed by atoms with E-state index in [-0.39, 0.29) is 63.6 Å². The second-order valence-corrected chi connectivity index (χ2v) is 11.0. The van der Waals surface area contributed by atoms with Gasteiger partial charge in [0.2, 0.25) is 17.7 Å². The van der Waals surface area contributed by atoms with E-state index in [1.807, 2.05) is 68.4 Å². The molecule has 0 aliphatic carbocycles. The van der Waals surface area contributed by atoms with Gasteiger partial charge in [-0.15, -0.1) is 0 Å². The van der Waals surface area contributed by atoms with Crippen LogP contribution in [0.3, 0.4) is 0 Å². The molecule has 1 aliphatic rings. The summed E-state index contributed by atoms with van der Waals surface area (Å²) >= 11 is 0. The van der Waals surface area contributed by atoms with E-state index < -0.39 is 29.8 Å². The van der Waals surface area contributed by atoms with E-state index in [1.54, 1.807) is 13.0 Å². The summed E-state index contributed by atoms with van der Waals surface area (Å²) in [7, 11) is 0. The Morgan fingerprint density at radius 2 is 1.60 bits per heavy atom. The first-order valence-corrected chi connectivity index (χ1v) is 14.5. The molecule has 4 rings (SSSR count). The normalized spacial score (nSPS) is 13.8. The van der Waals surface area contributed by atoms with Gasteiger partial charge in [-0.1, -0.05) is 68.4 Å². The van der Waals surface area contributed by atoms with Crippen molar-refractivity contribution in [3.05, 3.63) is 89.1 Å². The Bertz CT molecular complexity index is 1460. The average molecular weight is 626 g/mol. The number of esters is 1. The van der Waals surface area contributed by atoms with Crippen molar-refractivity contribution in [2.75, 3.05) is 44.8 Å². The standard InChI is InChI=1S/C33H37F2N3O7/c1-22(2)25-11-7-8-12-26(25)33(31(41)37-27-14-13-23(3)36-30(27)45-32(34)35)20-38(21-33)28(39)18-42-15-16-43-19-29(40)44-17-24-9-5-4-6-10-24/h4-14,22,32H,15-21H2,1-3H3,(H,37,41). The maximum Gasteiger partial charge on any atom is 0.388 e. The molecule has 45 heavy (non-hydrogen) atoms. The Labute approximate surface area is 260 Å². The van der Waals surface area contributed by atoms with Gasteiger partial charge in [-0.2, -0.15) is 8.78 Å². The van der Waals surface area contributed by atoms with Crippen LogP contribution < -0.4 is 10.1 Å². The third-order valence-corrected chi connectivity index (χ3v) is 7.32. The van der Waals surface area contributed by atoms with E-state index in [1.165, 1.54) is 11.0 Å². The van der Waals surface area contributed by atoms with Gasteiger partial charge in [-0.25, -0.2) is 9.78 Å². The van der Waals surface area contributed by atoms with E-state index in [0.717, 1.165) is 16.7 Å². The number of hydrogen-bond acceptors (Lipinski definition) is 8. The molecule has 240 valence electrons. The van der Waals surface area contributed by atoms with Gasteiger partial charge >= 0.3 is 12.6 Å². The van der Waals surface area contributed by atoms with E-state index in [9.17, 15) is 23.2 Å². The van der Waals surface area contributed by atoms with E-state index in [2.05, 4.69) is 15.0 Å². The molecule has 2 amide bonds. The van der Waals surface area contributed by atoms with E-state index in [4.69, 9.17) is 14.2 Å². The highest BCUT2D eigenvalue weighted by atomic mass is 19.3. The van der Waals surface area contributed by atoms with Gasteiger partial charge in [0.15, 0.2) is 0 Å². The SMILES string of the molecule is Cc1ccc(NC(=O)C2(c3ccccc3C(C)C)CN(C(=O)COCCOCC(=O)OCc3ccccc3)C2)c(OC(F)F)n1. The molecule has 0 saturated carbocycles.